The van der Waals surface area contributed by atoms with Crippen LogP contribution in [0.15, 0.2) is 121 Å². The number of aromatic nitrogens is 2. The number of nitrogens with zero attached hydrogens (tertiary/aromatic N) is 2. The van der Waals surface area contributed by atoms with Gasteiger partial charge < -0.3 is 14.4 Å². The molecule has 0 aliphatic carbocycles. The van der Waals surface area contributed by atoms with E-state index in [-0.39, 0.29) is 5.56 Å². The Hall–Kier alpha value is -4.84. The predicted molar refractivity (Wildman–Crippen MR) is 173 cm³/mol. The predicted octanol–water partition coefficient (Wildman–Crippen LogP) is 9.61. The molecule has 0 saturated heterocycles. The first-order chi connectivity index (χ1) is 20.9. The fourth-order valence-electron chi connectivity index (χ4n) is 5.20. The lowest BCUT2D eigenvalue weighted by atomic mass is 9.97. The molecule has 5 nitrogen and oxygen atoms in total. The van der Waals surface area contributed by atoms with Crippen LogP contribution in [0.4, 0.5) is 0 Å². The molecule has 0 amide bonds. The standard InChI is InChI=1S/C36H26Cl2N2O3/c1-43-30-18-12-27(13-19-30)35-39-33(25-8-14-28(37)15-9-25)34(26-10-16-29(38)17-11-26)40(35)22-23-7-20-31(32(21-23)36(41)42)24-5-3-2-4-6-24/h2-21H,22H2,1H3,(H,41,42). The summed E-state index contributed by atoms with van der Waals surface area (Å²) >= 11 is 12.5. The minimum absolute atomic E-state index is 0.237. The van der Waals surface area contributed by atoms with Gasteiger partial charge in [0.25, 0.3) is 0 Å². The normalized spacial score (nSPS) is 11.0. The van der Waals surface area contributed by atoms with Gasteiger partial charge in [-0.3, -0.25) is 0 Å². The zero-order valence-electron chi connectivity index (χ0n) is 23.2. The van der Waals surface area contributed by atoms with Crippen LogP contribution in [-0.2, 0) is 6.54 Å². The van der Waals surface area contributed by atoms with Crippen LogP contribution in [0.5, 0.6) is 5.75 Å². The largest absolute Gasteiger partial charge is 0.497 e. The van der Waals surface area contributed by atoms with Crippen LogP contribution >= 0.6 is 23.2 Å². The number of hydrogen-bond donors (Lipinski definition) is 1. The van der Waals surface area contributed by atoms with Gasteiger partial charge in [0.2, 0.25) is 0 Å². The highest BCUT2D eigenvalue weighted by atomic mass is 35.5. The lowest BCUT2D eigenvalue weighted by Gasteiger charge is -2.16. The van der Waals surface area contributed by atoms with E-state index in [9.17, 15) is 9.90 Å². The van der Waals surface area contributed by atoms with E-state index in [1.165, 1.54) is 0 Å². The van der Waals surface area contributed by atoms with Crippen molar-refractivity contribution in [2.75, 3.05) is 7.11 Å². The average molecular weight is 606 g/mol. The quantitative estimate of drug-likeness (QED) is 0.188. The van der Waals surface area contributed by atoms with Crippen molar-refractivity contribution in [1.29, 1.82) is 0 Å². The Bertz CT molecular complexity index is 1900. The maximum absolute atomic E-state index is 12.4. The smallest absolute Gasteiger partial charge is 0.336 e. The van der Waals surface area contributed by atoms with Crippen molar-refractivity contribution in [3.05, 3.63) is 142 Å². The molecule has 0 aliphatic heterocycles. The Kier molecular flexibility index (Phi) is 8.01. The third kappa shape index (κ3) is 5.91. The molecule has 1 N–H and O–H groups in total. The maximum Gasteiger partial charge on any atom is 0.336 e. The van der Waals surface area contributed by atoms with Crippen molar-refractivity contribution in [2.45, 2.75) is 6.54 Å². The highest BCUT2D eigenvalue weighted by molar-refractivity contribution is 6.31. The molecule has 212 valence electrons. The summed E-state index contributed by atoms with van der Waals surface area (Å²) in [6.45, 7) is 0.370. The van der Waals surface area contributed by atoms with Crippen molar-refractivity contribution in [2.24, 2.45) is 0 Å². The highest BCUT2D eigenvalue weighted by Crippen LogP contribution is 2.38. The zero-order valence-corrected chi connectivity index (χ0v) is 24.7. The first-order valence-corrected chi connectivity index (χ1v) is 14.4. The number of aromatic carboxylic acids is 1. The van der Waals surface area contributed by atoms with Gasteiger partial charge in [0.1, 0.15) is 11.6 Å². The van der Waals surface area contributed by atoms with Crippen LogP contribution in [0.25, 0.3) is 45.0 Å². The lowest BCUT2D eigenvalue weighted by Crippen LogP contribution is -2.07. The van der Waals surface area contributed by atoms with E-state index in [2.05, 4.69) is 4.57 Å². The SMILES string of the molecule is COc1ccc(-c2nc(-c3ccc(Cl)cc3)c(-c3ccc(Cl)cc3)n2Cc2ccc(-c3ccccc3)c(C(=O)O)c2)cc1. The molecular formula is C36H26Cl2N2O3. The Balaban J connectivity index is 1.57. The molecule has 0 fully saturated rings. The van der Waals surface area contributed by atoms with E-state index < -0.39 is 5.97 Å². The molecule has 7 heteroatoms. The minimum atomic E-state index is -0.985. The summed E-state index contributed by atoms with van der Waals surface area (Å²) in [5, 5.41) is 11.4. The van der Waals surface area contributed by atoms with Crippen LogP contribution < -0.4 is 4.74 Å². The van der Waals surface area contributed by atoms with Crippen LogP contribution in [-0.4, -0.2) is 27.7 Å². The average Bonchev–Trinajstić information content (AvgIpc) is 3.41. The molecule has 1 aromatic heterocycles. The molecular weight excluding hydrogens is 579 g/mol. The summed E-state index contributed by atoms with van der Waals surface area (Å²) in [4.78, 5) is 17.6. The van der Waals surface area contributed by atoms with E-state index in [0.29, 0.717) is 22.2 Å². The number of carboxylic acid groups (broad SMARTS) is 1. The Labute approximate surface area is 259 Å². The molecule has 5 aromatic carbocycles. The van der Waals surface area contributed by atoms with Gasteiger partial charge in [0.15, 0.2) is 0 Å². The van der Waals surface area contributed by atoms with E-state index in [1.807, 2.05) is 115 Å². The zero-order chi connectivity index (χ0) is 29.9. The van der Waals surface area contributed by atoms with Gasteiger partial charge in [-0.1, -0.05) is 89.9 Å². The monoisotopic (exact) mass is 604 g/mol. The van der Waals surface area contributed by atoms with Crippen molar-refractivity contribution in [3.63, 3.8) is 0 Å². The molecule has 0 bridgehead atoms. The van der Waals surface area contributed by atoms with Gasteiger partial charge in [0.05, 0.1) is 24.1 Å². The number of halogens is 2. The molecule has 43 heavy (non-hydrogen) atoms. The summed E-state index contributed by atoms with van der Waals surface area (Å²) < 4.78 is 7.52. The van der Waals surface area contributed by atoms with Crippen LogP contribution in [0.1, 0.15) is 15.9 Å². The number of rotatable bonds is 8. The second-order valence-corrected chi connectivity index (χ2v) is 10.9. The first kappa shape index (κ1) is 28.3. The van der Waals surface area contributed by atoms with Gasteiger partial charge in [-0.15, -0.1) is 0 Å². The third-order valence-corrected chi connectivity index (χ3v) is 7.79. The Morgan fingerprint density at radius 1 is 0.744 bits per heavy atom. The molecule has 0 saturated carbocycles. The van der Waals surface area contributed by atoms with Crippen molar-refractivity contribution in [1.82, 2.24) is 9.55 Å². The molecule has 0 spiro atoms. The Morgan fingerprint density at radius 2 is 1.35 bits per heavy atom. The molecule has 0 atom stereocenters. The van der Waals surface area contributed by atoms with Gasteiger partial charge in [-0.25, -0.2) is 9.78 Å². The minimum Gasteiger partial charge on any atom is -0.497 e. The molecule has 6 rings (SSSR count). The van der Waals surface area contributed by atoms with Crippen LogP contribution in [0, 0.1) is 0 Å². The number of hydrogen-bond acceptors (Lipinski definition) is 3. The second kappa shape index (κ2) is 12.2. The van der Waals surface area contributed by atoms with Gasteiger partial charge in [0, 0.05) is 33.3 Å². The number of benzene rings is 5. The molecule has 0 aliphatic rings. The Morgan fingerprint density at radius 3 is 1.95 bits per heavy atom. The third-order valence-electron chi connectivity index (χ3n) is 7.29. The lowest BCUT2D eigenvalue weighted by molar-refractivity contribution is 0.0697. The number of ether oxygens (including phenoxy) is 1. The number of carboxylic acids is 1. The molecule has 6 aromatic rings. The molecule has 1 heterocycles. The van der Waals surface area contributed by atoms with Crippen molar-refractivity contribution < 1.29 is 14.6 Å². The summed E-state index contributed by atoms with van der Waals surface area (Å²) in [6.07, 6.45) is 0. The first-order valence-electron chi connectivity index (χ1n) is 13.6. The topological polar surface area (TPSA) is 64.4 Å². The number of methoxy groups -OCH3 is 1. The van der Waals surface area contributed by atoms with Crippen LogP contribution in [0.3, 0.4) is 0 Å². The number of carbonyl (C=O) groups is 1. The van der Waals surface area contributed by atoms with E-state index in [1.54, 1.807) is 13.2 Å². The fraction of sp³-hybridized carbons (Fsp3) is 0.0556. The van der Waals surface area contributed by atoms with Crippen LogP contribution in [0.2, 0.25) is 10.0 Å². The summed E-state index contributed by atoms with van der Waals surface area (Å²) in [7, 11) is 1.63. The van der Waals surface area contributed by atoms with E-state index in [4.69, 9.17) is 32.9 Å². The van der Waals surface area contributed by atoms with E-state index in [0.717, 1.165) is 50.8 Å². The second-order valence-electron chi connectivity index (χ2n) is 10.0. The molecule has 0 radical (unpaired) electrons. The van der Waals surface area contributed by atoms with Crippen molar-refractivity contribution in [3.8, 4) is 50.8 Å². The van der Waals surface area contributed by atoms with Gasteiger partial charge in [-0.2, -0.15) is 0 Å². The maximum atomic E-state index is 12.4. The highest BCUT2D eigenvalue weighted by Gasteiger charge is 2.23. The van der Waals surface area contributed by atoms with Gasteiger partial charge >= 0.3 is 5.97 Å². The summed E-state index contributed by atoms with van der Waals surface area (Å²) in [6, 6.07) is 38.1. The molecule has 0 unspecified atom stereocenters. The van der Waals surface area contributed by atoms with Gasteiger partial charge in [-0.05, 0) is 71.3 Å². The fourth-order valence-corrected chi connectivity index (χ4v) is 5.45. The summed E-state index contributed by atoms with van der Waals surface area (Å²) in [5.41, 5.74) is 6.91. The van der Waals surface area contributed by atoms with Crippen molar-refractivity contribution >= 4 is 29.2 Å². The summed E-state index contributed by atoms with van der Waals surface area (Å²) in [5.74, 6) is 0.475. The number of imidazole rings is 1. The van der Waals surface area contributed by atoms with E-state index >= 15 is 0 Å².